The van der Waals surface area contributed by atoms with Crippen LogP contribution in [0.1, 0.15) is 31.7 Å². The van der Waals surface area contributed by atoms with Crippen LogP contribution >= 0.6 is 23.4 Å². The fourth-order valence-corrected chi connectivity index (χ4v) is 4.04. The second-order valence-electron chi connectivity index (χ2n) is 7.74. The zero-order chi connectivity index (χ0) is 25.0. The summed E-state index contributed by atoms with van der Waals surface area (Å²) in [6.07, 6.45) is 1.48. The maximum Gasteiger partial charge on any atom is 0.306 e. The lowest BCUT2D eigenvalue weighted by molar-refractivity contribution is -0.147. The SMILES string of the molecule is CCc1ccc(NC(=O)COC(=O)CCCC(=O)Nc2ccc(Sc3ccc(Cl)cc3)cc2)cc1. The van der Waals surface area contributed by atoms with E-state index >= 15 is 0 Å². The number of anilines is 2. The molecule has 0 spiro atoms. The van der Waals surface area contributed by atoms with Crippen LogP contribution in [-0.2, 0) is 25.5 Å². The van der Waals surface area contributed by atoms with Crippen molar-refractivity contribution in [1.29, 1.82) is 0 Å². The van der Waals surface area contributed by atoms with Gasteiger partial charge in [0.1, 0.15) is 0 Å². The van der Waals surface area contributed by atoms with E-state index < -0.39 is 11.9 Å². The molecule has 0 radical (unpaired) electrons. The number of rotatable bonds is 11. The van der Waals surface area contributed by atoms with E-state index in [2.05, 4.69) is 17.6 Å². The summed E-state index contributed by atoms with van der Waals surface area (Å²) in [5, 5.41) is 6.19. The van der Waals surface area contributed by atoms with Crippen LogP contribution in [0.5, 0.6) is 0 Å². The van der Waals surface area contributed by atoms with Crippen molar-refractivity contribution in [1.82, 2.24) is 0 Å². The van der Waals surface area contributed by atoms with Gasteiger partial charge in [-0.15, -0.1) is 0 Å². The van der Waals surface area contributed by atoms with Gasteiger partial charge in [-0.1, -0.05) is 42.4 Å². The van der Waals surface area contributed by atoms with Crippen molar-refractivity contribution in [3.63, 3.8) is 0 Å². The summed E-state index contributed by atoms with van der Waals surface area (Å²) < 4.78 is 5.00. The molecule has 0 saturated heterocycles. The molecule has 0 unspecified atom stereocenters. The molecular weight excluding hydrogens is 484 g/mol. The number of esters is 1. The number of carbonyl (C=O) groups is 3. The number of halogens is 1. The van der Waals surface area contributed by atoms with Gasteiger partial charge in [0, 0.05) is 39.0 Å². The van der Waals surface area contributed by atoms with Gasteiger partial charge >= 0.3 is 5.97 Å². The zero-order valence-electron chi connectivity index (χ0n) is 19.4. The first kappa shape index (κ1) is 26.3. The number of carbonyl (C=O) groups excluding carboxylic acids is 3. The van der Waals surface area contributed by atoms with Crippen molar-refractivity contribution in [2.45, 2.75) is 42.4 Å². The van der Waals surface area contributed by atoms with Gasteiger partial charge in [0.05, 0.1) is 0 Å². The second-order valence-corrected chi connectivity index (χ2v) is 9.32. The molecule has 0 aliphatic rings. The van der Waals surface area contributed by atoms with Gasteiger partial charge in [-0.3, -0.25) is 14.4 Å². The second kappa shape index (κ2) is 13.6. The summed E-state index contributed by atoms with van der Waals surface area (Å²) in [6.45, 7) is 1.69. The standard InChI is InChI=1S/C27H27ClN2O4S/c1-2-19-6-10-21(11-7-19)30-26(32)18-34-27(33)5-3-4-25(31)29-22-12-16-24(17-13-22)35-23-14-8-20(28)9-15-23/h6-17H,2-5,18H2,1H3,(H,29,31)(H,30,32). The maximum absolute atomic E-state index is 12.2. The van der Waals surface area contributed by atoms with Crippen molar-refractivity contribution in [2.75, 3.05) is 17.2 Å². The van der Waals surface area contributed by atoms with Crippen LogP contribution in [0.3, 0.4) is 0 Å². The largest absolute Gasteiger partial charge is 0.456 e. The molecule has 2 N–H and O–H groups in total. The van der Waals surface area contributed by atoms with Crippen molar-refractivity contribution < 1.29 is 19.1 Å². The molecule has 0 bridgehead atoms. The van der Waals surface area contributed by atoms with Crippen molar-refractivity contribution >= 4 is 52.5 Å². The highest BCUT2D eigenvalue weighted by Gasteiger charge is 2.10. The quantitative estimate of drug-likeness (QED) is 0.294. The number of hydrogen-bond acceptors (Lipinski definition) is 5. The van der Waals surface area contributed by atoms with Gasteiger partial charge in [0.25, 0.3) is 5.91 Å². The fourth-order valence-electron chi connectivity index (χ4n) is 3.10. The van der Waals surface area contributed by atoms with E-state index in [1.165, 1.54) is 5.56 Å². The van der Waals surface area contributed by atoms with Gasteiger partial charge in [0.15, 0.2) is 6.61 Å². The van der Waals surface area contributed by atoms with Crippen molar-refractivity contribution in [3.8, 4) is 0 Å². The number of ether oxygens (including phenoxy) is 1. The molecule has 6 nitrogen and oxygen atoms in total. The average Bonchev–Trinajstić information content (AvgIpc) is 2.86. The Kier molecular flexibility index (Phi) is 10.2. The minimum Gasteiger partial charge on any atom is -0.456 e. The molecule has 0 saturated carbocycles. The molecule has 3 aromatic rings. The minimum absolute atomic E-state index is 0.0581. The highest BCUT2D eigenvalue weighted by Crippen LogP contribution is 2.29. The van der Waals surface area contributed by atoms with Gasteiger partial charge < -0.3 is 15.4 Å². The minimum atomic E-state index is -0.516. The van der Waals surface area contributed by atoms with E-state index in [0.29, 0.717) is 22.8 Å². The molecule has 182 valence electrons. The Morgan fingerprint density at radius 2 is 1.31 bits per heavy atom. The van der Waals surface area contributed by atoms with Crippen LogP contribution in [0.15, 0.2) is 82.6 Å². The van der Waals surface area contributed by atoms with E-state index in [1.807, 2.05) is 72.8 Å². The van der Waals surface area contributed by atoms with Gasteiger partial charge in [0.2, 0.25) is 5.91 Å². The number of nitrogens with one attached hydrogen (secondary N) is 2. The summed E-state index contributed by atoms with van der Waals surface area (Å²) in [5.74, 6) is -1.11. The first-order valence-corrected chi connectivity index (χ1v) is 12.5. The topological polar surface area (TPSA) is 84.5 Å². The van der Waals surface area contributed by atoms with Gasteiger partial charge in [-0.05, 0) is 79.1 Å². The number of benzene rings is 3. The third-order valence-electron chi connectivity index (χ3n) is 4.98. The van der Waals surface area contributed by atoms with Crippen LogP contribution in [-0.4, -0.2) is 24.4 Å². The Hall–Kier alpha value is -3.29. The molecule has 35 heavy (non-hydrogen) atoms. The lowest BCUT2D eigenvalue weighted by atomic mass is 10.1. The third-order valence-corrected chi connectivity index (χ3v) is 6.25. The summed E-state index contributed by atoms with van der Waals surface area (Å²) in [4.78, 5) is 38.1. The Balaban J connectivity index is 1.31. The average molecular weight is 511 g/mol. The molecule has 0 heterocycles. The Bertz CT molecular complexity index is 1130. The number of hydrogen-bond donors (Lipinski definition) is 2. The predicted octanol–water partition coefficient (Wildman–Crippen LogP) is 6.34. The Morgan fingerprint density at radius 3 is 1.91 bits per heavy atom. The van der Waals surface area contributed by atoms with Crippen LogP contribution in [0.4, 0.5) is 11.4 Å². The summed E-state index contributed by atoms with van der Waals surface area (Å²) in [6, 6.07) is 22.6. The van der Waals surface area contributed by atoms with Crippen LogP contribution in [0.2, 0.25) is 5.02 Å². The van der Waals surface area contributed by atoms with Gasteiger partial charge in [-0.25, -0.2) is 0 Å². The summed E-state index contributed by atoms with van der Waals surface area (Å²) in [7, 11) is 0. The third kappa shape index (κ3) is 9.47. The lowest BCUT2D eigenvalue weighted by Gasteiger charge is -2.08. The molecule has 0 aromatic heterocycles. The Labute approximate surface area is 214 Å². The molecule has 0 aliphatic carbocycles. The maximum atomic E-state index is 12.2. The molecular formula is C27H27ClN2O4S. The van der Waals surface area contributed by atoms with E-state index in [-0.39, 0.29) is 25.4 Å². The van der Waals surface area contributed by atoms with Crippen molar-refractivity contribution in [3.05, 3.63) is 83.4 Å². The fraction of sp³-hybridized carbons (Fsp3) is 0.222. The zero-order valence-corrected chi connectivity index (χ0v) is 21.0. The normalized spacial score (nSPS) is 10.5. The van der Waals surface area contributed by atoms with E-state index in [9.17, 15) is 14.4 Å². The lowest BCUT2D eigenvalue weighted by Crippen LogP contribution is -2.21. The first-order valence-electron chi connectivity index (χ1n) is 11.3. The number of aryl methyl sites for hydroxylation is 1. The molecule has 0 fully saturated rings. The predicted molar refractivity (Wildman–Crippen MR) is 140 cm³/mol. The van der Waals surface area contributed by atoms with Gasteiger partial charge in [-0.2, -0.15) is 0 Å². The summed E-state index contributed by atoms with van der Waals surface area (Å²) >= 11 is 7.51. The molecule has 3 aromatic carbocycles. The number of amides is 2. The van der Waals surface area contributed by atoms with E-state index in [4.69, 9.17) is 16.3 Å². The molecule has 2 amide bonds. The molecule has 0 aliphatic heterocycles. The smallest absolute Gasteiger partial charge is 0.306 e. The molecule has 0 atom stereocenters. The monoisotopic (exact) mass is 510 g/mol. The molecule has 3 rings (SSSR count). The van der Waals surface area contributed by atoms with Crippen molar-refractivity contribution in [2.24, 2.45) is 0 Å². The molecule has 8 heteroatoms. The summed E-state index contributed by atoms with van der Waals surface area (Å²) in [5.41, 5.74) is 2.50. The first-order chi connectivity index (χ1) is 16.9. The highest BCUT2D eigenvalue weighted by atomic mass is 35.5. The van der Waals surface area contributed by atoms with Crippen LogP contribution < -0.4 is 10.6 Å². The van der Waals surface area contributed by atoms with E-state index in [0.717, 1.165) is 16.2 Å². The van der Waals surface area contributed by atoms with Crippen LogP contribution in [0.25, 0.3) is 0 Å². The highest BCUT2D eigenvalue weighted by molar-refractivity contribution is 7.99. The van der Waals surface area contributed by atoms with Crippen LogP contribution in [0, 0.1) is 0 Å². The van der Waals surface area contributed by atoms with E-state index in [1.54, 1.807) is 11.8 Å². The Morgan fingerprint density at radius 1 is 0.771 bits per heavy atom.